The third-order valence-corrected chi connectivity index (χ3v) is 2.20. The summed E-state index contributed by atoms with van der Waals surface area (Å²) < 4.78 is 4.92. The number of carbonyl (C=O) groups is 1. The number of nitrogens with zero attached hydrogens (tertiary/aromatic N) is 2. The fourth-order valence-corrected chi connectivity index (χ4v) is 1.31. The molecule has 0 aliphatic carbocycles. The zero-order chi connectivity index (χ0) is 12.8. The molecule has 0 aliphatic heterocycles. The first-order chi connectivity index (χ1) is 8.78. The van der Waals surface area contributed by atoms with Crippen LogP contribution in [0.1, 0.15) is 5.69 Å². The molecule has 7 nitrogen and oxygen atoms in total. The van der Waals surface area contributed by atoms with Crippen molar-refractivity contribution in [2.45, 2.75) is 6.54 Å². The van der Waals surface area contributed by atoms with Crippen LogP contribution in [0.25, 0.3) is 0 Å². The number of aromatic nitrogens is 3. The van der Waals surface area contributed by atoms with Gasteiger partial charge in [-0.1, -0.05) is 0 Å². The molecule has 2 aromatic rings. The van der Waals surface area contributed by atoms with E-state index in [1.165, 1.54) is 13.3 Å². The van der Waals surface area contributed by atoms with Crippen LogP contribution in [0.2, 0.25) is 0 Å². The molecule has 2 heterocycles. The highest BCUT2D eigenvalue weighted by atomic mass is 16.5. The number of pyridine rings is 1. The molecule has 0 bridgehead atoms. The molecule has 7 heteroatoms. The minimum Gasteiger partial charge on any atom is -0.481 e. The predicted octanol–water partition coefficient (Wildman–Crippen LogP) is 1.13. The van der Waals surface area contributed by atoms with Gasteiger partial charge in [-0.2, -0.15) is 5.10 Å². The summed E-state index contributed by atoms with van der Waals surface area (Å²) in [6.07, 6.45) is 3.15. The van der Waals surface area contributed by atoms with Crippen molar-refractivity contribution >= 4 is 11.7 Å². The maximum absolute atomic E-state index is 11.5. The Bertz CT molecular complexity index is 495. The van der Waals surface area contributed by atoms with Crippen LogP contribution in [0.5, 0.6) is 5.88 Å². The third-order valence-electron chi connectivity index (χ3n) is 2.20. The van der Waals surface area contributed by atoms with Gasteiger partial charge in [-0.05, 0) is 12.1 Å². The van der Waals surface area contributed by atoms with Crippen LogP contribution < -0.4 is 15.4 Å². The van der Waals surface area contributed by atoms with Crippen LogP contribution in [0.15, 0.2) is 30.6 Å². The van der Waals surface area contributed by atoms with Gasteiger partial charge in [-0.25, -0.2) is 9.78 Å². The number of aromatic amines is 1. The summed E-state index contributed by atoms with van der Waals surface area (Å²) in [5.41, 5.74) is 1.43. The van der Waals surface area contributed by atoms with Crippen molar-refractivity contribution in [1.29, 1.82) is 0 Å². The van der Waals surface area contributed by atoms with Crippen LogP contribution in [0.3, 0.4) is 0 Å². The number of methoxy groups -OCH3 is 1. The Kier molecular flexibility index (Phi) is 3.75. The maximum Gasteiger partial charge on any atom is 0.319 e. The second kappa shape index (κ2) is 5.67. The molecule has 0 fully saturated rings. The average molecular weight is 247 g/mol. The Morgan fingerprint density at radius 3 is 2.94 bits per heavy atom. The van der Waals surface area contributed by atoms with E-state index in [-0.39, 0.29) is 6.03 Å². The lowest BCUT2D eigenvalue weighted by Crippen LogP contribution is -2.28. The Hall–Kier alpha value is -2.57. The minimum atomic E-state index is -0.309. The number of amides is 2. The van der Waals surface area contributed by atoms with E-state index in [9.17, 15) is 4.79 Å². The number of hydrogen-bond acceptors (Lipinski definition) is 4. The van der Waals surface area contributed by atoms with Crippen LogP contribution in [0.4, 0.5) is 10.5 Å². The van der Waals surface area contributed by atoms with Crippen molar-refractivity contribution in [3.05, 3.63) is 36.3 Å². The van der Waals surface area contributed by atoms with Crippen LogP contribution in [-0.2, 0) is 6.54 Å². The molecule has 0 atom stereocenters. The van der Waals surface area contributed by atoms with E-state index in [1.807, 2.05) is 0 Å². The highest BCUT2D eigenvalue weighted by Gasteiger charge is 2.02. The first-order valence-electron chi connectivity index (χ1n) is 5.31. The normalized spacial score (nSPS) is 9.83. The van der Waals surface area contributed by atoms with E-state index < -0.39 is 0 Å². The molecule has 0 aliphatic rings. The summed E-state index contributed by atoms with van der Waals surface area (Å²) in [5.74, 6) is 0.499. The van der Waals surface area contributed by atoms with Crippen molar-refractivity contribution in [3.8, 4) is 5.88 Å². The van der Waals surface area contributed by atoms with E-state index in [0.29, 0.717) is 18.1 Å². The van der Waals surface area contributed by atoms with Gasteiger partial charge < -0.3 is 15.4 Å². The molecule has 0 radical (unpaired) electrons. The Labute approximate surface area is 104 Å². The maximum atomic E-state index is 11.5. The van der Waals surface area contributed by atoms with Gasteiger partial charge in [0.15, 0.2) is 0 Å². The van der Waals surface area contributed by atoms with E-state index in [2.05, 4.69) is 25.8 Å². The number of ether oxygens (including phenoxy) is 1. The lowest BCUT2D eigenvalue weighted by atomic mass is 10.4. The fraction of sp³-hybridized carbons (Fsp3) is 0.182. The van der Waals surface area contributed by atoms with Gasteiger partial charge in [0.05, 0.1) is 31.2 Å². The topological polar surface area (TPSA) is 91.9 Å². The van der Waals surface area contributed by atoms with E-state index in [4.69, 9.17) is 4.74 Å². The predicted molar refractivity (Wildman–Crippen MR) is 65.2 cm³/mol. The van der Waals surface area contributed by atoms with Crippen molar-refractivity contribution in [2.24, 2.45) is 0 Å². The van der Waals surface area contributed by atoms with Gasteiger partial charge in [0, 0.05) is 12.3 Å². The number of urea groups is 1. The van der Waals surface area contributed by atoms with Crippen LogP contribution in [0, 0.1) is 0 Å². The lowest BCUT2D eigenvalue weighted by molar-refractivity contribution is 0.251. The number of hydrogen-bond donors (Lipinski definition) is 3. The largest absolute Gasteiger partial charge is 0.481 e. The fourth-order valence-electron chi connectivity index (χ4n) is 1.31. The highest BCUT2D eigenvalue weighted by molar-refractivity contribution is 5.88. The Balaban J connectivity index is 1.83. The molecule has 3 N–H and O–H groups in total. The third kappa shape index (κ3) is 3.21. The second-order valence-electron chi connectivity index (χ2n) is 3.48. The summed E-state index contributed by atoms with van der Waals surface area (Å²) in [4.78, 5) is 15.5. The first kappa shape index (κ1) is 11.9. The second-order valence-corrected chi connectivity index (χ2v) is 3.48. The van der Waals surface area contributed by atoms with Gasteiger partial charge in [-0.3, -0.25) is 5.10 Å². The molecule has 18 heavy (non-hydrogen) atoms. The molecule has 2 rings (SSSR count). The van der Waals surface area contributed by atoms with Crippen molar-refractivity contribution in [2.75, 3.05) is 12.4 Å². The molecule has 0 unspecified atom stereocenters. The van der Waals surface area contributed by atoms with Gasteiger partial charge in [0.2, 0.25) is 5.88 Å². The van der Waals surface area contributed by atoms with Crippen molar-refractivity contribution in [3.63, 3.8) is 0 Å². The van der Waals surface area contributed by atoms with Crippen LogP contribution in [-0.4, -0.2) is 28.3 Å². The number of H-pyrrole nitrogens is 1. The van der Waals surface area contributed by atoms with E-state index in [0.717, 1.165) is 5.69 Å². The highest BCUT2D eigenvalue weighted by Crippen LogP contribution is 2.10. The number of anilines is 1. The van der Waals surface area contributed by atoms with Gasteiger partial charge in [-0.15, -0.1) is 0 Å². The Morgan fingerprint density at radius 1 is 1.44 bits per heavy atom. The van der Waals surface area contributed by atoms with Crippen molar-refractivity contribution in [1.82, 2.24) is 20.5 Å². The molecule has 0 saturated carbocycles. The monoisotopic (exact) mass is 247 g/mol. The molecule has 0 spiro atoms. The summed E-state index contributed by atoms with van der Waals surface area (Å²) in [6.45, 7) is 0.384. The summed E-state index contributed by atoms with van der Waals surface area (Å²) in [5, 5.41) is 11.9. The number of rotatable bonds is 4. The van der Waals surface area contributed by atoms with Crippen LogP contribution >= 0.6 is 0 Å². The van der Waals surface area contributed by atoms with Gasteiger partial charge >= 0.3 is 6.03 Å². The lowest BCUT2D eigenvalue weighted by Gasteiger charge is -2.06. The SMILES string of the molecule is COc1ccc(NC(=O)NCc2ccn[nH]2)cn1. The summed E-state index contributed by atoms with van der Waals surface area (Å²) in [7, 11) is 1.53. The Morgan fingerprint density at radius 2 is 2.33 bits per heavy atom. The van der Waals surface area contributed by atoms with E-state index in [1.54, 1.807) is 24.4 Å². The zero-order valence-corrected chi connectivity index (χ0v) is 9.80. The summed E-state index contributed by atoms with van der Waals surface area (Å²) in [6, 6.07) is 4.86. The summed E-state index contributed by atoms with van der Waals surface area (Å²) >= 11 is 0. The van der Waals surface area contributed by atoms with Crippen molar-refractivity contribution < 1.29 is 9.53 Å². The molecule has 0 aromatic carbocycles. The minimum absolute atomic E-state index is 0.309. The molecule has 2 aromatic heterocycles. The molecule has 94 valence electrons. The molecular formula is C11H13N5O2. The first-order valence-corrected chi connectivity index (χ1v) is 5.31. The quantitative estimate of drug-likeness (QED) is 0.755. The standard InChI is InChI=1S/C11H13N5O2/c1-18-10-3-2-8(6-12-10)15-11(17)13-7-9-4-5-14-16-9/h2-6H,7H2,1H3,(H,14,16)(H2,13,15,17). The number of nitrogens with one attached hydrogen (secondary N) is 3. The smallest absolute Gasteiger partial charge is 0.319 e. The zero-order valence-electron chi connectivity index (χ0n) is 9.80. The number of carbonyl (C=O) groups excluding carboxylic acids is 1. The van der Waals surface area contributed by atoms with Gasteiger partial charge in [0.1, 0.15) is 0 Å². The van der Waals surface area contributed by atoms with Gasteiger partial charge in [0.25, 0.3) is 0 Å². The molecular weight excluding hydrogens is 234 g/mol. The molecule has 2 amide bonds. The molecule has 0 saturated heterocycles. The van der Waals surface area contributed by atoms with E-state index >= 15 is 0 Å². The average Bonchev–Trinajstić information content (AvgIpc) is 2.90.